The van der Waals surface area contributed by atoms with Crippen LogP contribution in [-0.2, 0) is 16.1 Å². The predicted molar refractivity (Wildman–Crippen MR) is 132 cm³/mol. The molecule has 0 aliphatic carbocycles. The number of esters is 1. The molecule has 0 spiro atoms. The van der Waals surface area contributed by atoms with Gasteiger partial charge in [0.15, 0.2) is 0 Å². The van der Waals surface area contributed by atoms with Gasteiger partial charge in [0.05, 0.1) is 29.6 Å². The summed E-state index contributed by atoms with van der Waals surface area (Å²) in [7, 11) is 1.34. The number of anilines is 2. The van der Waals surface area contributed by atoms with Crippen molar-refractivity contribution in [2.45, 2.75) is 19.4 Å². The Morgan fingerprint density at radius 3 is 2.71 bits per heavy atom. The summed E-state index contributed by atoms with van der Waals surface area (Å²) in [6.45, 7) is 3.15. The van der Waals surface area contributed by atoms with Crippen molar-refractivity contribution in [3.05, 3.63) is 89.2 Å². The summed E-state index contributed by atoms with van der Waals surface area (Å²) in [5.41, 5.74) is 5.38. The number of pyridine rings is 1. The summed E-state index contributed by atoms with van der Waals surface area (Å²) in [6.07, 6.45) is 4.19. The largest absolute Gasteiger partial charge is 0.465 e. The van der Waals surface area contributed by atoms with Gasteiger partial charge in [-0.05, 0) is 74.0 Å². The second kappa shape index (κ2) is 9.49. The highest BCUT2D eigenvalue weighted by Crippen LogP contribution is 2.38. The number of benzene rings is 2. The average molecular weight is 455 g/mol. The van der Waals surface area contributed by atoms with E-state index in [1.807, 2.05) is 30.3 Å². The van der Waals surface area contributed by atoms with E-state index in [1.54, 1.807) is 24.4 Å². The SMILES string of the molecule is COC(=O)c1ccc2c(c1)/C(=C(/Nc1cccc(CN3CCCC3)c1)c1ccccn1)C(=O)N2. The molecule has 0 unspecified atom stereocenters. The van der Waals surface area contributed by atoms with Crippen LogP contribution in [0.3, 0.4) is 0 Å². The Kier molecular flexibility index (Phi) is 6.10. The second-order valence-electron chi connectivity index (χ2n) is 8.48. The molecule has 0 radical (unpaired) electrons. The molecule has 3 aromatic rings. The molecule has 0 saturated carbocycles. The lowest BCUT2D eigenvalue weighted by molar-refractivity contribution is -0.110. The van der Waals surface area contributed by atoms with Crippen molar-refractivity contribution in [2.24, 2.45) is 0 Å². The summed E-state index contributed by atoms with van der Waals surface area (Å²) in [5, 5.41) is 6.36. The monoisotopic (exact) mass is 454 g/mol. The van der Waals surface area contributed by atoms with E-state index in [2.05, 4.69) is 32.7 Å². The first-order chi connectivity index (χ1) is 16.6. The van der Waals surface area contributed by atoms with Gasteiger partial charge < -0.3 is 15.4 Å². The van der Waals surface area contributed by atoms with Crippen molar-refractivity contribution in [3.8, 4) is 0 Å². The highest BCUT2D eigenvalue weighted by Gasteiger charge is 2.30. The Labute approximate surface area is 198 Å². The summed E-state index contributed by atoms with van der Waals surface area (Å²) in [5.74, 6) is -0.707. The molecule has 2 aliphatic heterocycles. The first-order valence-corrected chi connectivity index (χ1v) is 11.4. The highest BCUT2D eigenvalue weighted by atomic mass is 16.5. The van der Waals surface area contributed by atoms with Crippen LogP contribution in [0.2, 0.25) is 0 Å². The maximum absolute atomic E-state index is 13.1. The summed E-state index contributed by atoms with van der Waals surface area (Å²) in [4.78, 5) is 32.2. The molecule has 1 saturated heterocycles. The fourth-order valence-electron chi connectivity index (χ4n) is 4.52. The Balaban J connectivity index is 1.57. The van der Waals surface area contributed by atoms with Crippen LogP contribution in [0.4, 0.5) is 11.4 Å². The van der Waals surface area contributed by atoms with Crippen LogP contribution in [0.1, 0.15) is 40.0 Å². The number of carbonyl (C=O) groups is 2. The van der Waals surface area contributed by atoms with E-state index in [4.69, 9.17) is 4.74 Å². The third-order valence-electron chi connectivity index (χ3n) is 6.16. The van der Waals surface area contributed by atoms with Gasteiger partial charge in [-0.15, -0.1) is 0 Å². The lowest BCUT2D eigenvalue weighted by atomic mass is 10.00. The zero-order valence-corrected chi connectivity index (χ0v) is 19.0. The van der Waals surface area contributed by atoms with Gasteiger partial charge in [-0.1, -0.05) is 18.2 Å². The molecule has 2 N–H and O–H groups in total. The van der Waals surface area contributed by atoms with E-state index >= 15 is 0 Å². The number of nitrogens with zero attached hydrogens (tertiary/aromatic N) is 2. The van der Waals surface area contributed by atoms with Gasteiger partial charge in [0.25, 0.3) is 5.91 Å². The van der Waals surface area contributed by atoms with Crippen LogP contribution in [0.25, 0.3) is 11.3 Å². The van der Waals surface area contributed by atoms with E-state index in [0.29, 0.717) is 33.8 Å². The van der Waals surface area contributed by atoms with Crippen molar-refractivity contribution in [1.82, 2.24) is 9.88 Å². The lowest BCUT2D eigenvalue weighted by Gasteiger charge is -2.17. The number of ether oxygens (including phenoxy) is 1. The number of rotatable bonds is 6. The number of likely N-dealkylation sites (tertiary alicyclic amines) is 1. The van der Waals surface area contributed by atoms with Crippen LogP contribution >= 0.6 is 0 Å². The Morgan fingerprint density at radius 1 is 1.09 bits per heavy atom. The van der Waals surface area contributed by atoms with E-state index in [1.165, 1.54) is 25.5 Å². The molecule has 172 valence electrons. The minimum absolute atomic E-state index is 0.251. The van der Waals surface area contributed by atoms with Crippen molar-refractivity contribution in [2.75, 3.05) is 30.8 Å². The number of hydrogen-bond donors (Lipinski definition) is 2. The summed E-state index contributed by atoms with van der Waals surface area (Å²) >= 11 is 0. The number of fused-ring (bicyclic) bond motifs is 1. The van der Waals surface area contributed by atoms with Crippen LogP contribution in [0.15, 0.2) is 66.9 Å². The molecule has 0 bridgehead atoms. The van der Waals surface area contributed by atoms with Crippen molar-refractivity contribution >= 4 is 34.5 Å². The third-order valence-corrected chi connectivity index (χ3v) is 6.16. The highest BCUT2D eigenvalue weighted by molar-refractivity contribution is 6.37. The molecule has 1 amide bonds. The first-order valence-electron chi connectivity index (χ1n) is 11.4. The Morgan fingerprint density at radius 2 is 1.94 bits per heavy atom. The van der Waals surface area contributed by atoms with Crippen molar-refractivity contribution in [3.63, 3.8) is 0 Å². The zero-order valence-electron chi connectivity index (χ0n) is 19.0. The molecule has 2 aromatic carbocycles. The molecule has 7 nitrogen and oxygen atoms in total. The molecule has 1 aromatic heterocycles. The van der Waals surface area contributed by atoms with Gasteiger partial charge >= 0.3 is 5.97 Å². The van der Waals surface area contributed by atoms with Gasteiger partial charge in [0.1, 0.15) is 0 Å². The van der Waals surface area contributed by atoms with Gasteiger partial charge in [-0.3, -0.25) is 14.7 Å². The lowest BCUT2D eigenvalue weighted by Crippen LogP contribution is -2.18. The Hall–Kier alpha value is -3.97. The molecular formula is C27H26N4O3. The zero-order chi connectivity index (χ0) is 23.5. The van der Waals surface area contributed by atoms with E-state index < -0.39 is 5.97 Å². The Bertz CT molecular complexity index is 1260. The number of amides is 1. The molecule has 2 aliphatic rings. The molecular weight excluding hydrogens is 428 g/mol. The fraction of sp³-hybridized carbons (Fsp3) is 0.222. The quantitative estimate of drug-likeness (QED) is 0.424. The van der Waals surface area contributed by atoms with Gasteiger partial charge in [-0.2, -0.15) is 0 Å². The van der Waals surface area contributed by atoms with Crippen LogP contribution in [0.5, 0.6) is 0 Å². The topological polar surface area (TPSA) is 83.6 Å². The maximum atomic E-state index is 13.1. The third kappa shape index (κ3) is 4.43. The average Bonchev–Trinajstić information content (AvgIpc) is 3.49. The normalized spacial score (nSPS) is 16.7. The second-order valence-corrected chi connectivity index (χ2v) is 8.48. The van der Waals surface area contributed by atoms with E-state index in [0.717, 1.165) is 25.3 Å². The molecule has 3 heterocycles. The number of aromatic nitrogens is 1. The van der Waals surface area contributed by atoms with Gasteiger partial charge in [0, 0.05) is 29.7 Å². The number of carbonyl (C=O) groups excluding carboxylic acids is 2. The molecule has 0 atom stereocenters. The summed E-state index contributed by atoms with van der Waals surface area (Å²) < 4.78 is 4.87. The van der Waals surface area contributed by atoms with E-state index in [-0.39, 0.29) is 5.91 Å². The number of nitrogens with one attached hydrogen (secondary N) is 2. The number of methoxy groups -OCH3 is 1. The first kappa shape index (κ1) is 21.9. The van der Waals surface area contributed by atoms with Crippen LogP contribution in [0, 0.1) is 0 Å². The van der Waals surface area contributed by atoms with Crippen LogP contribution in [-0.4, -0.2) is 42.0 Å². The van der Waals surface area contributed by atoms with Crippen molar-refractivity contribution in [1.29, 1.82) is 0 Å². The molecule has 5 rings (SSSR count). The van der Waals surface area contributed by atoms with Crippen molar-refractivity contribution < 1.29 is 14.3 Å². The maximum Gasteiger partial charge on any atom is 0.337 e. The van der Waals surface area contributed by atoms with Gasteiger partial charge in [-0.25, -0.2) is 4.79 Å². The minimum atomic E-state index is -0.455. The smallest absolute Gasteiger partial charge is 0.337 e. The molecule has 7 heteroatoms. The van der Waals surface area contributed by atoms with E-state index in [9.17, 15) is 9.59 Å². The van der Waals surface area contributed by atoms with Gasteiger partial charge in [0.2, 0.25) is 0 Å². The van der Waals surface area contributed by atoms with Crippen LogP contribution < -0.4 is 10.6 Å². The fourth-order valence-corrected chi connectivity index (χ4v) is 4.52. The number of hydrogen-bond acceptors (Lipinski definition) is 6. The summed E-state index contributed by atoms with van der Waals surface area (Å²) in [6, 6.07) is 18.9. The molecule has 34 heavy (non-hydrogen) atoms. The minimum Gasteiger partial charge on any atom is -0.465 e. The predicted octanol–water partition coefficient (Wildman–Crippen LogP) is 4.40. The standard InChI is InChI=1S/C27H26N4O3/c1-34-27(33)19-10-11-22-21(16-19)24(26(32)30-22)25(23-9-2-3-12-28-23)29-20-8-6-7-18(15-20)17-31-13-4-5-14-31/h2-3,6-12,15-16,29H,4-5,13-14,17H2,1H3,(H,30,32)/b25-24-. The molecule has 1 fully saturated rings.